The quantitative estimate of drug-likeness (QED) is 0.176. The summed E-state index contributed by atoms with van der Waals surface area (Å²) in [5, 5.41) is 20.6. The number of hydrogen-bond donors (Lipinski definition) is 2. The first-order valence-electron chi connectivity index (χ1n) is 11.6. The number of unbranched alkanes of at least 4 members (excludes halogenated alkanes) is 13. The second kappa shape index (κ2) is 18.0. The van der Waals surface area contributed by atoms with Gasteiger partial charge in [0.2, 0.25) is 0 Å². The lowest BCUT2D eigenvalue weighted by Gasteiger charge is -2.34. The van der Waals surface area contributed by atoms with E-state index in [-0.39, 0.29) is 6.61 Å². The van der Waals surface area contributed by atoms with Crippen LogP contribution in [-0.2, 0) is 0 Å². The van der Waals surface area contributed by atoms with E-state index in [2.05, 4.69) is 20.4 Å². The zero-order valence-electron chi connectivity index (χ0n) is 18.0. The molecule has 156 valence electrons. The number of aliphatic hydroxyl groups excluding tert-OH is 2. The van der Waals surface area contributed by atoms with Crippen LogP contribution in [0.1, 0.15) is 123 Å². The Labute approximate surface area is 164 Å². The van der Waals surface area contributed by atoms with Crippen LogP contribution in [0.5, 0.6) is 0 Å². The largest absolute Gasteiger partial charge is 0.395 e. The summed E-state index contributed by atoms with van der Waals surface area (Å²) in [6.07, 6.45) is 22.1. The molecule has 0 aliphatic heterocycles. The molecule has 0 fully saturated rings. The minimum atomic E-state index is -0.495. The van der Waals surface area contributed by atoms with Crippen molar-refractivity contribution in [2.45, 2.75) is 129 Å². The Morgan fingerprint density at radius 3 is 1.58 bits per heavy atom. The molecular weight excluding hydrogens is 320 g/mol. The first-order chi connectivity index (χ1) is 12.7. The van der Waals surface area contributed by atoms with Gasteiger partial charge in [0.25, 0.3) is 0 Å². The molecule has 2 nitrogen and oxygen atoms in total. The lowest BCUT2D eigenvalue weighted by Crippen LogP contribution is -2.37. The molecule has 0 aromatic carbocycles. The van der Waals surface area contributed by atoms with Crippen LogP contribution in [0.3, 0.4) is 0 Å². The molecule has 26 heavy (non-hydrogen) atoms. The highest BCUT2D eigenvalue weighted by atomic mass is 16.3. The Morgan fingerprint density at radius 2 is 1.15 bits per heavy atom. The molecular formula is C24H48O2. The molecule has 0 bridgehead atoms. The van der Waals surface area contributed by atoms with Gasteiger partial charge in [-0.2, -0.15) is 0 Å². The van der Waals surface area contributed by atoms with Gasteiger partial charge in [-0.3, -0.25) is 0 Å². The summed E-state index contributed by atoms with van der Waals surface area (Å²) >= 11 is 0. The van der Waals surface area contributed by atoms with Crippen LogP contribution in [0.25, 0.3) is 0 Å². The van der Waals surface area contributed by atoms with Crippen LogP contribution >= 0.6 is 0 Å². The molecule has 0 aromatic heterocycles. The van der Waals surface area contributed by atoms with Gasteiger partial charge in [-0.05, 0) is 12.8 Å². The first-order valence-corrected chi connectivity index (χ1v) is 11.6. The van der Waals surface area contributed by atoms with Crippen molar-refractivity contribution in [3.63, 3.8) is 0 Å². The predicted octanol–water partition coefficient (Wildman–Crippen LogP) is 7.18. The maximum Gasteiger partial charge on any atom is 0.0652 e. The highest BCUT2D eigenvalue weighted by molar-refractivity contribution is 4.99. The first kappa shape index (κ1) is 25.7. The fraction of sp³-hybridized carbons (Fsp3) is 0.917. The van der Waals surface area contributed by atoms with Crippen LogP contribution in [0.15, 0.2) is 12.7 Å². The average molecular weight is 369 g/mol. The standard InChI is InChI=1S/C24H48O2/c1-4-7-9-11-13-14-15-17-19-21-24(6-3,22-25)23(26)20-18-16-12-10-8-5-2/h6,23,25-26H,3-5,7-22H2,1-2H3/t23-,24-/m0/s1. The van der Waals surface area contributed by atoms with Crippen LogP contribution in [0.2, 0.25) is 0 Å². The maximum atomic E-state index is 10.7. The number of rotatable bonds is 20. The van der Waals surface area contributed by atoms with Gasteiger partial charge in [-0.15, -0.1) is 6.58 Å². The molecule has 0 amide bonds. The molecule has 2 heteroatoms. The van der Waals surface area contributed by atoms with Crippen LogP contribution in [0.4, 0.5) is 0 Å². The van der Waals surface area contributed by atoms with Gasteiger partial charge >= 0.3 is 0 Å². The predicted molar refractivity (Wildman–Crippen MR) is 116 cm³/mol. The lowest BCUT2D eigenvalue weighted by molar-refractivity contribution is 0.00218. The summed E-state index contributed by atoms with van der Waals surface area (Å²) < 4.78 is 0. The fourth-order valence-electron chi connectivity index (χ4n) is 3.82. The summed E-state index contributed by atoms with van der Waals surface area (Å²) in [6, 6.07) is 0. The zero-order chi connectivity index (χ0) is 19.5. The van der Waals surface area contributed by atoms with Gasteiger partial charge in [0, 0.05) is 5.41 Å². The monoisotopic (exact) mass is 368 g/mol. The third-order valence-corrected chi connectivity index (χ3v) is 5.94. The van der Waals surface area contributed by atoms with Crippen molar-refractivity contribution < 1.29 is 10.2 Å². The van der Waals surface area contributed by atoms with Gasteiger partial charge in [-0.1, -0.05) is 116 Å². The second-order valence-corrected chi connectivity index (χ2v) is 8.25. The Hall–Kier alpha value is -0.340. The van der Waals surface area contributed by atoms with Gasteiger partial charge in [-0.25, -0.2) is 0 Å². The molecule has 0 spiro atoms. The summed E-state index contributed by atoms with van der Waals surface area (Å²) in [4.78, 5) is 0. The van der Waals surface area contributed by atoms with Gasteiger partial charge < -0.3 is 10.2 Å². The minimum absolute atomic E-state index is 0.0184. The molecule has 0 saturated carbocycles. The second-order valence-electron chi connectivity index (χ2n) is 8.25. The van der Waals surface area contributed by atoms with Gasteiger partial charge in [0.15, 0.2) is 0 Å². The highest BCUT2D eigenvalue weighted by Crippen LogP contribution is 2.33. The molecule has 0 rings (SSSR count). The Balaban J connectivity index is 3.93. The summed E-state index contributed by atoms with van der Waals surface area (Å²) in [5.74, 6) is 0. The van der Waals surface area contributed by atoms with Crippen molar-refractivity contribution >= 4 is 0 Å². The number of hydrogen-bond acceptors (Lipinski definition) is 2. The summed E-state index contributed by atoms with van der Waals surface area (Å²) in [7, 11) is 0. The van der Waals surface area contributed by atoms with E-state index in [4.69, 9.17) is 0 Å². The molecule has 0 heterocycles. The van der Waals surface area contributed by atoms with Crippen molar-refractivity contribution in [2.24, 2.45) is 5.41 Å². The third-order valence-electron chi connectivity index (χ3n) is 5.94. The zero-order valence-corrected chi connectivity index (χ0v) is 18.0. The molecule has 0 saturated heterocycles. The van der Waals surface area contributed by atoms with E-state index in [1.165, 1.54) is 83.5 Å². The third kappa shape index (κ3) is 12.1. The van der Waals surface area contributed by atoms with Gasteiger partial charge in [0.05, 0.1) is 12.7 Å². The molecule has 0 aromatic rings. The van der Waals surface area contributed by atoms with Crippen molar-refractivity contribution in [3.05, 3.63) is 12.7 Å². The van der Waals surface area contributed by atoms with Gasteiger partial charge in [0.1, 0.15) is 0 Å². The van der Waals surface area contributed by atoms with E-state index < -0.39 is 11.5 Å². The van der Waals surface area contributed by atoms with Crippen LogP contribution in [0, 0.1) is 5.41 Å². The van der Waals surface area contributed by atoms with Crippen molar-refractivity contribution in [1.82, 2.24) is 0 Å². The maximum absolute atomic E-state index is 10.7. The van der Waals surface area contributed by atoms with E-state index in [1.807, 2.05) is 6.08 Å². The molecule has 2 N–H and O–H groups in total. The molecule has 2 atom stereocenters. The normalized spacial score (nSPS) is 14.9. The van der Waals surface area contributed by atoms with Crippen molar-refractivity contribution in [2.75, 3.05) is 6.61 Å². The average Bonchev–Trinajstić information content (AvgIpc) is 2.66. The van der Waals surface area contributed by atoms with Crippen molar-refractivity contribution in [1.29, 1.82) is 0 Å². The summed E-state index contributed by atoms with van der Waals surface area (Å²) in [5.41, 5.74) is -0.495. The van der Waals surface area contributed by atoms with E-state index in [9.17, 15) is 10.2 Å². The molecule has 0 radical (unpaired) electrons. The Bertz CT molecular complexity index is 303. The molecule has 0 aliphatic carbocycles. The minimum Gasteiger partial charge on any atom is -0.395 e. The molecule has 0 unspecified atom stereocenters. The molecule has 0 aliphatic rings. The van der Waals surface area contributed by atoms with E-state index >= 15 is 0 Å². The SMILES string of the molecule is C=C[C@@](CO)(CCCCCCCCCCC)[C@@H](O)CCCCCCCC. The lowest BCUT2D eigenvalue weighted by atomic mass is 9.76. The van der Waals surface area contributed by atoms with E-state index in [0.29, 0.717) is 0 Å². The van der Waals surface area contributed by atoms with Crippen LogP contribution in [-0.4, -0.2) is 22.9 Å². The highest BCUT2D eigenvalue weighted by Gasteiger charge is 2.33. The Morgan fingerprint density at radius 1 is 0.731 bits per heavy atom. The smallest absolute Gasteiger partial charge is 0.0652 e. The van der Waals surface area contributed by atoms with Crippen LogP contribution < -0.4 is 0 Å². The fourth-order valence-corrected chi connectivity index (χ4v) is 3.82. The van der Waals surface area contributed by atoms with Crippen molar-refractivity contribution in [3.8, 4) is 0 Å². The van der Waals surface area contributed by atoms with E-state index in [1.54, 1.807) is 0 Å². The van der Waals surface area contributed by atoms with E-state index in [0.717, 1.165) is 25.7 Å². The Kier molecular flexibility index (Phi) is 17.8. The summed E-state index contributed by atoms with van der Waals surface area (Å²) in [6.45, 7) is 8.44. The topological polar surface area (TPSA) is 40.5 Å². The number of aliphatic hydroxyl groups is 2.